The van der Waals surface area contributed by atoms with Crippen molar-refractivity contribution in [2.45, 2.75) is 65.9 Å². The minimum atomic E-state index is -4.80. The molecule has 2 heterocycles. The van der Waals surface area contributed by atoms with E-state index in [1.165, 1.54) is 55.7 Å². The largest absolute Gasteiger partial charge is 0.447 e. The minimum absolute atomic E-state index is 0.0304. The second kappa shape index (κ2) is 17.5. The predicted molar refractivity (Wildman–Crippen MR) is 182 cm³/mol. The van der Waals surface area contributed by atoms with Crippen LogP contribution in [-0.4, -0.2) is 73.3 Å². The van der Waals surface area contributed by atoms with Crippen molar-refractivity contribution >= 4 is 29.6 Å². The monoisotopic (exact) mass is 775 g/mol. The fraction of sp³-hybridized carbons (Fsp3) is 0.394. The van der Waals surface area contributed by atoms with Crippen LogP contribution in [0.4, 0.5) is 35.5 Å². The third-order valence-corrected chi connectivity index (χ3v) is 7.14. The Hall–Kier alpha value is -5.20. The van der Waals surface area contributed by atoms with Crippen LogP contribution in [0.1, 0.15) is 75.4 Å². The summed E-state index contributed by atoms with van der Waals surface area (Å²) in [5, 5.41) is 8.91. The number of alkyl carbamates (subject to hydrolysis) is 1. The van der Waals surface area contributed by atoms with Crippen LogP contribution in [0.3, 0.4) is 0 Å². The molecule has 0 bridgehead atoms. The van der Waals surface area contributed by atoms with E-state index in [0.29, 0.717) is 28.1 Å². The lowest BCUT2D eigenvalue weighted by Crippen LogP contribution is -2.47. The number of nitrogens with zero attached hydrogens (tertiary/aromatic N) is 7. The van der Waals surface area contributed by atoms with Gasteiger partial charge in [0.25, 0.3) is 12.3 Å². The van der Waals surface area contributed by atoms with Crippen LogP contribution in [0.25, 0.3) is 16.8 Å². The maximum absolute atomic E-state index is 14.0. The number of guanidine groups is 1. The molecule has 12 nitrogen and oxygen atoms in total. The molecule has 0 radical (unpaired) electrons. The number of nitrogens with two attached hydrogens (primary N) is 1. The highest BCUT2D eigenvalue weighted by atomic mass is 35.5. The number of carbonyl (C=O) groups excluding carboxylic acids is 2. The lowest BCUT2D eigenvalue weighted by Gasteiger charge is -2.31. The Bertz CT molecular complexity index is 1870. The Morgan fingerprint density at radius 3 is 2.17 bits per heavy atom. The first-order valence-corrected chi connectivity index (χ1v) is 16.0. The quantitative estimate of drug-likeness (QED) is 0.0944. The van der Waals surface area contributed by atoms with E-state index in [2.05, 4.69) is 47.9 Å². The maximum Gasteiger partial charge on any atom is 0.408 e. The van der Waals surface area contributed by atoms with Crippen LogP contribution in [-0.2, 0) is 4.74 Å². The smallest absolute Gasteiger partial charge is 0.408 e. The maximum atomic E-state index is 14.0. The average molecular weight is 776 g/mol. The van der Waals surface area contributed by atoms with Gasteiger partial charge in [-0.25, -0.2) is 27.9 Å². The molecular formula is C33H37ClF7N9O3. The molecule has 4 rings (SSSR count). The van der Waals surface area contributed by atoms with E-state index in [-0.39, 0.29) is 21.8 Å². The number of rotatable bonds is 10. The molecule has 53 heavy (non-hydrogen) atoms. The molecule has 2 aromatic heterocycles. The van der Waals surface area contributed by atoms with E-state index < -0.39 is 61.6 Å². The van der Waals surface area contributed by atoms with Crippen molar-refractivity contribution in [3.8, 4) is 16.8 Å². The number of hydrogen-bond acceptors (Lipinski definition) is 7. The van der Waals surface area contributed by atoms with Gasteiger partial charge in [0.2, 0.25) is 0 Å². The van der Waals surface area contributed by atoms with Gasteiger partial charge in [-0.05, 0) is 47.7 Å². The normalized spacial score (nSPS) is 13.3. The van der Waals surface area contributed by atoms with Crippen LogP contribution in [0.2, 0.25) is 5.02 Å². The SMILES string of the molecule is CC(C)(C)C.CN=C(N)N(C(=O)c1ccc(-c2cnn(C(F)F)c2)cc1)C(COC(=O)NC(C)C(F)(F)F)c1ccc(Cl)c(-n2ncnc2C(F)F)c1. The molecule has 20 heteroatoms. The van der Waals surface area contributed by atoms with Crippen molar-refractivity contribution in [3.05, 3.63) is 83.2 Å². The van der Waals surface area contributed by atoms with Gasteiger partial charge in [0.15, 0.2) is 11.8 Å². The number of nitrogens with one attached hydrogen (secondary N) is 1. The predicted octanol–water partition coefficient (Wildman–Crippen LogP) is 7.97. The molecule has 2 unspecified atom stereocenters. The molecule has 0 aliphatic carbocycles. The van der Waals surface area contributed by atoms with Gasteiger partial charge in [0.05, 0.1) is 22.9 Å². The summed E-state index contributed by atoms with van der Waals surface area (Å²) in [6.45, 7) is 5.74. The zero-order valence-electron chi connectivity index (χ0n) is 29.2. The number of ether oxygens (including phenoxy) is 1. The fourth-order valence-electron chi connectivity index (χ4n) is 4.31. The van der Waals surface area contributed by atoms with E-state index in [0.717, 1.165) is 22.1 Å². The molecular weight excluding hydrogens is 739 g/mol. The number of alkyl halides is 7. The first kappa shape index (κ1) is 42.2. The summed E-state index contributed by atoms with van der Waals surface area (Å²) in [5.74, 6) is -2.06. The second-order valence-corrected chi connectivity index (χ2v) is 13.3. The second-order valence-electron chi connectivity index (χ2n) is 12.9. The molecule has 0 aliphatic rings. The molecule has 0 aliphatic heterocycles. The molecule has 0 spiro atoms. The molecule has 288 valence electrons. The van der Waals surface area contributed by atoms with Gasteiger partial charge in [-0.1, -0.05) is 57.5 Å². The van der Waals surface area contributed by atoms with Gasteiger partial charge in [-0.15, -0.1) is 0 Å². The Kier molecular flexibility index (Phi) is 14.0. The van der Waals surface area contributed by atoms with E-state index in [1.807, 2.05) is 0 Å². The number of benzene rings is 2. The van der Waals surface area contributed by atoms with Crippen molar-refractivity contribution < 1.29 is 45.1 Å². The van der Waals surface area contributed by atoms with E-state index in [1.54, 1.807) is 5.32 Å². The van der Waals surface area contributed by atoms with Crippen molar-refractivity contribution in [1.82, 2.24) is 34.8 Å². The molecule has 0 saturated carbocycles. The third kappa shape index (κ3) is 11.6. The number of aromatic nitrogens is 5. The van der Waals surface area contributed by atoms with Crippen molar-refractivity contribution in [1.29, 1.82) is 0 Å². The van der Waals surface area contributed by atoms with Crippen LogP contribution in [0, 0.1) is 5.41 Å². The summed E-state index contributed by atoms with van der Waals surface area (Å²) in [5.41, 5.74) is 7.26. The van der Waals surface area contributed by atoms with Gasteiger partial charge in [0.1, 0.15) is 19.0 Å². The van der Waals surface area contributed by atoms with Crippen LogP contribution >= 0.6 is 11.6 Å². The highest BCUT2D eigenvalue weighted by molar-refractivity contribution is 6.32. The lowest BCUT2D eigenvalue weighted by atomic mass is 10.0. The van der Waals surface area contributed by atoms with Gasteiger partial charge in [-0.2, -0.15) is 32.1 Å². The fourth-order valence-corrected chi connectivity index (χ4v) is 4.51. The average Bonchev–Trinajstić information content (AvgIpc) is 3.77. The number of amides is 2. The Balaban J connectivity index is 0.00000141. The van der Waals surface area contributed by atoms with Crippen LogP contribution < -0.4 is 11.1 Å². The van der Waals surface area contributed by atoms with Crippen molar-refractivity contribution in [3.63, 3.8) is 0 Å². The molecule has 3 N–H and O–H groups in total. The first-order chi connectivity index (χ1) is 24.6. The van der Waals surface area contributed by atoms with Crippen LogP contribution in [0.15, 0.2) is 66.2 Å². The highest BCUT2D eigenvalue weighted by Crippen LogP contribution is 2.32. The molecule has 0 fully saturated rings. The number of hydrogen-bond donors (Lipinski definition) is 2. The number of carbonyl (C=O) groups is 2. The summed E-state index contributed by atoms with van der Waals surface area (Å²) in [6.07, 6.45) is -6.21. The summed E-state index contributed by atoms with van der Waals surface area (Å²) in [6, 6.07) is 5.63. The topological polar surface area (TPSA) is 146 Å². The first-order valence-electron chi connectivity index (χ1n) is 15.6. The zero-order valence-corrected chi connectivity index (χ0v) is 30.0. The summed E-state index contributed by atoms with van der Waals surface area (Å²) < 4.78 is 98.7. The number of aliphatic imine (C=N–C) groups is 1. The summed E-state index contributed by atoms with van der Waals surface area (Å²) in [4.78, 5) is 34.6. The Labute approximate surface area is 304 Å². The van der Waals surface area contributed by atoms with E-state index in [9.17, 15) is 40.3 Å². The lowest BCUT2D eigenvalue weighted by molar-refractivity contribution is -0.150. The molecule has 2 aromatic carbocycles. The van der Waals surface area contributed by atoms with Gasteiger partial charge in [-0.3, -0.25) is 14.7 Å². The Morgan fingerprint density at radius 1 is 1.02 bits per heavy atom. The summed E-state index contributed by atoms with van der Waals surface area (Å²) in [7, 11) is 1.23. The number of halogens is 8. The standard InChI is InChI=1S/C28H25ClF7N9O3.C5H12/c1-14(28(34,35)36)42-27(47)48-12-21(17-7-8-19(29)20(9-17)45-23(22(30)31)39-13-41-45)44(26(37)38-2)24(46)16-5-3-15(4-6-16)18-10-40-43(11-18)25(32)33;1-5(2,3)4/h3-11,13-14,21-22,25H,12H2,1-2H3,(H2,37,38)(H,42,47);1-4H3. The van der Waals surface area contributed by atoms with Gasteiger partial charge >= 0.3 is 18.8 Å². The molecule has 4 aromatic rings. The van der Waals surface area contributed by atoms with Crippen molar-refractivity contribution in [2.75, 3.05) is 13.7 Å². The van der Waals surface area contributed by atoms with Gasteiger partial charge in [0, 0.05) is 24.4 Å². The van der Waals surface area contributed by atoms with E-state index >= 15 is 0 Å². The van der Waals surface area contributed by atoms with Crippen molar-refractivity contribution in [2.24, 2.45) is 16.1 Å². The minimum Gasteiger partial charge on any atom is -0.447 e. The summed E-state index contributed by atoms with van der Waals surface area (Å²) >= 11 is 6.30. The van der Waals surface area contributed by atoms with E-state index in [4.69, 9.17) is 22.1 Å². The molecule has 0 saturated heterocycles. The Morgan fingerprint density at radius 2 is 1.64 bits per heavy atom. The zero-order chi connectivity index (χ0) is 39.8. The third-order valence-electron chi connectivity index (χ3n) is 6.82. The van der Waals surface area contributed by atoms with Gasteiger partial charge < -0.3 is 15.8 Å². The molecule has 2 atom stereocenters. The molecule has 2 amide bonds. The highest BCUT2D eigenvalue weighted by Gasteiger charge is 2.38. The van der Waals surface area contributed by atoms with Crippen LogP contribution in [0.5, 0.6) is 0 Å².